The summed E-state index contributed by atoms with van der Waals surface area (Å²) < 4.78 is 11.0. The van der Waals surface area contributed by atoms with Gasteiger partial charge in [-0.25, -0.2) is 0 Å². The van der Waals surface area contributed by atoms with E-state index in [0.29, 0.717) is 6.04 Å². The fraction of sp³-hybridized carbons (Fsp3) is 1.00. The Morgan fingerprint density at radius 1 is 1.67 bits per heavy atom. The molecule has 0 spiro atoms. The molecule has 0 aromatic rings. The van der Waals surface area contributed by atoms with Crippen molar-refractivity contribution in [3.05, 3.63) is 0 Å². The normalized spacial score (nSPS) is 25.9. The SMILES string of the molecule is CCS(=O)CCNC1CCNC1. The van der Waals surface area contributed by atoms with E-state index in [1.165, 1.54) is 6.42 Å². The first-order valence-corrected chi connectivity index (χ1v) is 6.10. The Bertz CT molecular complexity index is 146. The Hall–Kier alpha value is 0.0700. The molecule has 0 saturated carbocycles. The number of hydrogen-bond donors (Lipinski definition) is 2. The fourth-order valence-electron chi connectivity index (χ4n) is 1.35. The maximum Gasteiger partial charge on any atom is 0.0360 e. The molecule has 0 aromatic carbocycles. The van der Waals surface area contributed by atoms with E-state index in [1.54, 1.807) is 0 Å². The predicted octanol–water partition coefficient (Wildman–Crippen LogP) is -0.293. The van der Waals surface area contributed by atoms with Crippen molar-refractivity contribution in [2.75, 3.05) is 31.1 Å². The van der Waals surface area contributed by atoms with Crippen LogP contribution in [-0.4, -0.2) is 41.4 Å². The van der Waals surface area contributed by atoms with Gasteiger partial charge in [0.15, 0.2) is 0 Å². The molecule has 0 aromatic heterocycles. The highest BCUT2D eigenvalue weighted by Crippen LogP contribution is 1.95. The summed E-state index contributed by atoms with van der Waals surface area (Å²) in [5, 5.41) is 6.68. The summed E-state index contributed by atoms with van der Waals surface area (Å²) in [6.07, 6.45) is 1.21. The van der Waals surface area contributed by atoms with Crippen LogP contribution in [0, 0.1) is 0 Å². The average molecular weight is 190 g/mol. The lowest BCUT2D eigenvalue weighted by atomic mass is 10.3. The molecule has 1 aliphatic heterocycles. The van der Waals surface area contributed by atoms with Crippen LogP contribution in [0.25, 0.3) is 0 Å². The van der Waals surface area contributed by atoms with Crippen LogP contribution in [0.1, 0.15) is 13.3 Å². The van der Waals surface area contributed by atoms with Crippen LogP contribution in [0.5, 0.6) is 0 Å². The zero-order valence-corrected chi connectivity index (χ0v) is 8.45. The van der Waals surface area contributed by atoms with Crippen LogP contribution in [0.4, 0.5) is 0 Å². The van der Waals surface area contributed by atoms with Gasteiger partial charge in [0, 0.05) is 41.4 Å². The Kier molecular flexibility index (Phi) is 4.80. The van der Waals surface area contributed by atoms with E-state index in [9.17, 15) is 4.21 Å². The smallest absolute Gasteiger partial charge is 0.0360 e. The molecule has 2 atom stereocenters. The summed E-state index contributed by atoms with van der Waals surface area (Å²) in [7, 11) is -0.610. The molecule has 0 amide bonds. The molecular weight excluding hydrogens is 172 g/mol. The zero-order valence-electron chi connectivity index (χ0n) is 7.64. The molecule has 0 radical (unpaired) electrons. The largest absolute Gasteiger partial charge is 0.315 e. The van der Waals surface area contributed by atoms with E-state index in [2.05, 4.69) is 10.6 Å². The third-order valence-electron chi connectivity index (χ3n) is 2.15. The van der Waals surface area contributed by atoms with Gasteiger partial charge >= 0.3 is 0 Å². The van der Waals surface area contributed by atoms with Crippen molar-refractivity contribution in [2.45, 2.75) is 19.4 Å². The van der Waals surface area contributed by atoms with Crippen LogP contribution in [-0.2, 0) is 10.8 Å². The second-order valence-corrected chi connectivity index (χ2v) is 4.94. The second-order valence-electron chi connectivity index (χ2n) is 3.08. The van der Waals surface area contributed by atoms with E-state index in [-0.39, 0.29) is 0 Å². The van der Waals surface area contributed by atoms with E-state index >= 15 is 0 Å². The van der Waals surface area contributed by atoms with Crippen molar-refractivity contribution < 1.29 is 4.21 Å². The highest BCUT2D eigenvalue weighted by molar-refractivity contribution is 7.84. The third kappa shape index (κ3) is 3.65. The maximum absolute atomic E-state index is 11.0. The molecule has 1 saturated heterocycles. The summed E-state index contributed by atoms with van der Waals surface area (Å²) in [4.78, 5) is 0. The van der Waals surface area contributed by atoms with Gasteiger partial charge in [-0.15, -0.1) is 0 Å². The van der Waals surface area contributed by atoms with Gasteiger partial charge in [0.1, 0.15) is 0 Å². The third-order valence-corrected chi connectivity index (χ3v) is 3.45. The molecule has 1 rings (SSSR count). The van der Waals surface area contributed by atoms with Gasteiger partial charge in [0.2, 0.25) is 0 Å². The molecule has 3 nitrogen and oxygen atoms in total. The van der Waals surface area contributed by atoms with Crippen molar-refractivity contribution in [2.24, 2.45) is 0 Å². The standard InChI is InChI=1S/C8H18N2OS/c1-2-12(11)6-5-10-8-3-4-9-7-8/h8-10H,2-7H2,1H3. The first-order chi connectivity index (χ1) is 5.83. The topological polar surface area (TPSA) is 41.1 Å². The molecule has 2 N–H and O–H groups in total. The Balaban J connectivity index is 1.97. The summed E-state index contributed by atoms with van der Waals surface area (Å²) >= 11 is 0. The summed E-state index contributed by atoms with van der Waals surface area (Å²) in [5.41, 5.74) is 0. The lowest BCUT2D eigenvalue weighted by Gasteiger charge is -2.09. The summed E-state index contributed by atoms with van der Waals surface area (Å²) in [5.74, 6) is 1.58. The average Bonchev–Trinajstić information content (AvgIpc) is 2.57. The predicted molar refractivity (Wildman–Crippen MR) is 52.8 cm³/mol. The van der Waals surface area contributed by atoms with E-state index in [0.717, 1.165) is 31.1 Å². The zero-order chi connectivity index (χ0) is 8.81. The molecule has 1 fully saturated rings. The van der Waals surface area contributed by atoms with E-state index in [1.807, 2.05) is 6.92 Å². The lowest BCUT2D eigenvalue weighted by Crippen LogP contribution is -2.33. The van der Waals surface area contributed by atoms with Crippen molar-refractivity contribution in [1.29, 1.82) is 0 Å². The second kappa shape index (κ2) is 5.67. The van der Waals surface area contributed by atoms with Crippen LogP contribution >= 0.6 is 0 Å². The number of nitrogens with one attached hydrogen (secondary N) is 2. The van der Waals surface area contributed by atoms with Gasteiger partial charge < -0.3 is 10.6 Å². The van der Waals surface area contributed by atoms with Gasteiger partial charge in [-0.2, -0.15) is 0 Å². The molecular formula is C8H18N2OS. The van der Waals surface area contributed by atoms with Crippen LogP contribution in [0.3, 0.4) is 0 Å². The molecule has 4 heteroatoms. The lowest BCUT2D eigenvalue weighted by molar-refractivity contribution is 0.567. The molecule has 1 aliphatic rings. The molecule has 0 bridgehead atoms. The van der Waals surface area contributed by atoms with Gasteiger partial charge in [0.25, 0.3) is 0 Å². The van der Waals surface area contributed by atoms with E-state index in [4.69, 9.17) is 0 Å². The Labute approximate surface area is 76.8 Å². The molecule has 2 unspecified atom stereocenters. The Morgan fingerprint density at radius 2 is 2.50 bits per heavy atom. The maximum atomic E-state index is 11.0. The van der Waals surface area contributed by atoms with E-state index < -0.39 is 10.8 Å². The number of hydrogen-bond acceptors (Lipinski definition) is 3. The van der Waals surface area contributed by atoms with Crippen LogP contribution < -0.4 is 10.6 Å². The first kappa shape index (κ1) is 10.2. The highest BCUT2D eigenvalue weighted by Gasteiger charge is 2.12. The van der Waals surface area contributed by atoms with Crippen LogP contribution in [0.15, 0.2) is 0 Å². The molecule has 0 aliphatic carbocycles. The minimum atomic E-state index is -0.610. The van der Waals surface area contributed by atoms with Gasteiger partial charge in [-0.05, 0) is 13.0 Å². The summed E-state index contributed by atoms with van der Waals surface area (Å²) in [6.45, 7) is 5.05. The Morgan fingerprint density at radius 3 is 3.08 bits per heavy atom. The monoisotopic (exact) mass is 190 g/mol. The minimum absolute atomic E-state index is 0.610. The number of rotatable bonds is 5. The van der Waals surface area contributed by atoms with Crippen LogP contribution in [0.2, 0.25) is 0 Å². The molecule has 72 valence electrons. The van der Waals surface area contributed by atoms with Gasteiger partial charge in [0.05, 0.1) is 0 Å². The van der Waals surface area contributed by atoms with Crippen molar-refractivity contribution in [1.82, 2.24) is 10.6 Å². The quantitative estimate of drug-likeness (QED) is 0.626. The minimum Gasteiger partial charge on any atom is -0.315 e. The highest BCUT2D eigenvalue weighted by atomic mass is 32.2. The summed E-state index contributed by atoms with van der Waals surface area (Å²) in [6, 6.07) is 0.610. The fourth-order valence-corrected chi connectivity index (χ4v) is 1.98. The first-order valence-electron chi connectivity index (χ1n) is 4.62. The van der Waals surface area contributed by atoms with Crippen molar-refractivity contribution in [3.63, 3.8) is 0 Å². The van der Waals surface area contributed by atoms with Gasteiger partial charge in [-0.1, -0.05) is 6.92 Å². The van der Waals surface area contributed by atoms with Gasteiger partial charge in [-0.3, -0.25) is 4.21 Å². The van der Waals surface area contributed by atoms with Crippen molar-refractivity contribution in [3.8, 4) is 0 Å². The molecule has 1 heterocycles. The van der Waals surface area contributed by atoms with Crippen molar-refractivity contribution >= 4 is 10.8 Å². The molecule has 12 heavy (non-hydrogen) atoms.